The highest BCUT2D eigenvalue weighted by Crippen LogP contribution is 2.89. The van der Waals surface area contributed by atoms with Crippen molar-refractivity contribution in [2.24, 2.45) is 50.7 Å². The summed E-state index contributed by atoms with van der Waals surface area (Å²) in [6.45, 7) is 12.0. The van der Waals surface area contributed by atoms with Gasteiger partial charge in [-0.2, -0.15) is 0 Å². The maximum absolute atomic E-state index is 11.8. The van der Waals surface area contributed by atoms with Crippen LogP contribution in [0.1, 0.15) is 86.0 Å². The summed E-state index contributed by atoms with van der Waals surface area (Å²) >= 11 is 0. The second kappa shape index (κ2) is 6.09. The molecule has 12 atom stereocenters. The zero-order valence-electron chi connectivity index (χ0n) is 20.5. The van der Waals surface area contributed by atoms with E-state index in [1.807, 2.05) is 0 Å². The van der Waals surface area contributed by atoms with Crippen LogP contribution in [0.15, 0.2) is 0 Å². The predicted octanol–water partition coefficient (Wildman–Crippen LogP) is 4.76. The number of methoxy groups -OCH3 is 1. The van der Waals surface area contributed by atoms with E-state index in [0.717, 1.165) is 32.1 Å². The Morgan fingerprint density at radius 3 is 2.39 bits per heavy atom. The monoisotopic (exact) mass is 432 g/mol. The first kappa shape index (κ1) is 21.4. The molecule has 6 rings (SSSR count). The average Bonchev–Trinajstić information content (AvgIpc) is 3.28. The van der Waals surface area contributed by atoms with Crippen molar-refractivity contribution in [1.29, 1.82) is 0 Å². The summed E-state index contributed by atoms with van der Waals surface area (Å²) in [6, 6.07) is 0. The van der Waals surface area contributed by atoms with Crippen molar-refractivity contribution >= 4 is 0 Å². The van der Waals surface area contributed by atoms with Crippen LogP contribution in [0.2, 0.25) is 0 Å². The molecule has 0 aromatic heterocycles. The molecule has 0 amide bonds. The van der Waals surface area contributed by atoms with E-state index in [1.54, 1.807) is 7.11 Å². The molecule has 0 unspecified atom stereocenters. The van der Waals surface area contributed by atoms with Gasteiger partial charge in [0.05, 0.1) is 18.3 Å². The Bertz CT molecular complexity index is 781. The molecule has 2 N–H and O–H groups in total. The summed E-state index contributed by atoms with van der Waals surface area (Å²) < 4.78 is 12.2. The van der Waals surface area contributed by atoms with Gasteiger partial charge in [-0.3, -0.25) is 0 Å². The van der Waals surface area contributed by atoms with Crippen LogP contribution >= 0.6 is 0 Å². The minimum Gasteiger partial charge on any atom is -0.393 e. The Morgan fingerprint density at radius 2 is 1.68 bits per heavy atom. The molecule has 0 aromatic carbocycles. The Labute approximate surface area is 188 Å². The van der Waals surface area contributed by atoms with Gasteiger partial charge in [0.2, 0.25) is 0 Å². The Kier molecular flexibility index (Phi) is 4.20. The first-order chi connectivity index (χ1) is 14.5. The average molecular weight is 433 g/mol. The quantitative estimate of drug-likeness (QED) is 0.627. The van der Waals surface area contributed by atoms with Gasteiger partial charge >= 0.3 is 0 Å². The maximum atomic E-state index is 11.8. The molecular formula is C27H44O4. The van der Waals surface area contributed by atoms with E-state index in [-0.39, 0.29) is 46.3 Å². The van der Waals surface area contributed by atoms with Gasteiger partial charge in [0.25, 0.3) is 0 Å². The first-order valence-corrected chi connectivity index (χ1v) is 13.0. The lowest BCUT2D eigenvalue weighted by Gasteiger charge is -2.64. The second-order valence-electron chi connectivity index (χ2n) is 13.8. The van der Waals surface area contributed by atoms with E-state index in [4.69, 9.17) is 9.47 Å². The van der Waals surface area contributed by atoms with Crippen LogP contribution in [0.3, 0.4) is 0 Å². The number of fused-ring (bicyclic) bond motifs is 4. The predicted molar refractivity (Wildman–Crippen MR) is 119 cm³/mol. The third-order valence-corrected chi connectivity index (χ3v) is 12.9. The summed E-state index contributed by atoms with van der Waals surface area (Å²) in [4.78, 5) is 0. The van der Waals surface area contributed by atoms with E-state index < -0.39 is 0 Å². The molecule has 4 nitrogen and oxygen atoms in total. The lowest BCUT2D eigenvalue weighted by atomic mass is 9.41. The molecule has 1 aliphatic heterocycles. The molecule has 4 heteroatoms. The largest absolute Gasteiger partial charge is 0.393 e. The van der Waals surface area contributed by atoms with Gasteiger partial charge in [0.15, 0.2) is 6.29 Å². The zero-order chi connectivity index (χ0) is 22.2. The van der Waals surface area contributed by atoms with Crippen LogP contribution in [-0.4, -0.2) is 41.9 Å². The van der Waals surface area contributed by atoms with Gasteiger partial charge in [-0.05, 0) is 95.7 Å². The number of ether oxygens (including phenoxy) is 2. The van der Waals surface area contributed by atoms with Crippen LogP contribution < -0.4 is 0 Å². The van der Waals surface area contributed by atoms with Crippen molar-refractivity contribution < 1.29 is 19.7 Å². The Balaban J connectivity index is 1.41. The lowest BCUT2D eigenvalue weighted by molar-refractivity contribution is -0.220. The Morgan fingerprint density at radius 1 is 0.935 bits per heavy atom. The summed E-state index contributed by atoms with van der Waals surface area (Å²) in [6.07, 6.45) is 8.49. The van der Waals surface area contributed by atoms with Gasteiger partial charge < -0.3 is 19.7 Å². The normalized spacial score (nSPS) is 63.9. The van der Waals surface area contributed by atoms with Gasteiger partial charge in [-0.25, -0.2) is 0 Å². The summed E-state index contributed by atoms with van der Waals surface area (Å²) in [5, 5.41) is 22.7. The molecule has 5 aliphatic carbocycles. The van der Waals surface area contributed by atoms with Crippen molar-refractivity contribution in [3.05, 3.63) is 0 Å². The minimum atomic E-state index is -0.261. The van der Waals surface area contributed by atoms with Crippen LogP contribution in [0, 0.1) is 50.7 Å². The Hall–Kier alpha value is -0.160. The second-order valence-corrected chi connectivity index (χ2v) is 13.8. The molecule has 0 aromatic rings. The van der Waals surface area contributed by atoms with Crippen molar-refractivity contribution in [1.82, 2.24) is 0 Å². The highest BCUT2D eigenvalue weighted by molar-refractivity contribution is 5.32. The van der Waals surface area contributed by atoms with Crippen LogP contribution in [-0.2, 0) is 9.47 Å². The molecule has 0 bridgehead atoms. The lowest BCUT2D eigenvalue weighted by Crippen LogP contribution is -2.61. The highest BCUT2D eigenvalue weighted by atomic mass is 16.7. The molecule has 6 aliphatic rings. The molecule has 31 heavy (non-hydrogen) atoms. The smallest absolute Gasteiger partial charge is 0.157 e. The van der Waals surface area contributed by atoms with Crippen LogP contribution in [0.5, 0.6) is 0 Å². The van der Waals surface area contributed by atoms with Crippen LogP contribution in [0.4, 0.5) is 0 Å². The van der Waals surface area contributed by atoms with E-state index in [2.05, 4.69) is 34.6 Å². The molecule has 6 fully saturated rings. The van der Waals surface area contributed by atoms with Gasteiger partial charge in [0, 0.05) is 13.5 Å². The SMILES string of the molecule is CO[C@@H]1C[C@@H](C)[C@H]2[C@H](C[C@@]3(C)[C@@H]4[C@@H](O)C[C@H]5C(C)(C)[C@@H](O)CC[C@@]56C[C@@]46CC[C@]23C)O1. The topological polar surface area (TPSA) is 58.9 Å². The molecule has 5 saturated carbocycles. The fraction of sp³-hybridized carbons (Fsp3) is 1.00. The number of hydrogen-bond acceptors (Lipinski definition) is 4. The third kappa shape index (κ3) is 2.23. The van der Waals surface area contributed by atoms with E-state index in [9.17, 15) is 10.2 Å². The molecule has 2 spiro atoms. The first-order valence-electron chi connectivity index (χ1n) is 13.0. The van der Waals surface area contributed by atoms with E-state index in [0.29, 0.717) is 29.1 Å². The summed E-state index contributed by atoms with van der Waals surface area (Å²) in [7, 11) is 1.77. The van der Waals surface area contributed by atoms with Crippen molar-refractivity contribution in [2.75, 3.05) is 7.11 Å². The van der Waals surface area contributed by atoms with Crippen molar-refractivity contribution in [2.45, 2.75) is 111 Å². The van der Waals surface area contributed by atoms with E-state index >= 15 is 0 Å². The molecule has 176 valence electrons. The fourth-order valence-electron chi connectivity index (χ4n) is 11.4. The van der Waals surface area contributed by atoms with Crippen LogP contribution in [0.25, 0.3) is 0 Å². The molecule has 1 heterocycles. The highest BCUT2D eigenvalue weighted by Gasteiger charge is 2.84. The summed E-state index contributed by atoms with van der Waals surface area (Å²) in [5.74, 6) is 1.96. The number of aliphatic hydroxyl groups is 2. The van der Waals surface area contributed by atoms with E-state index in [1.165, 1.54) is 19.3 Å². The maximum Gasteiger partial charge on any atom is 0.157 e. The van der Waals surface area contributed by atoms with Gasteiger partial charge in [-0.15, -0.1) is 0 Å². The number of rotatable bonds is 1. The third-order valence-electron chi connectivity index (χ3n) is 12.9. The van der Waals surface area contributed by atoms with Gasteiger partial charge in [-0.1, -0.05) is 34.6 Å². The molecule has 0 radical (unpaired) electrons. The minimum absolute atomic E-state index is 0.0777. The summed E-state index contributed by atoms with van der Waals surface area (Å²) in [5.41, 5.74) is 0.846. The van der Waals surface area contributed by atoms with Gasteiger partial charge in [0.1, 0.15) is 0 Å². The number of hydrogen-bond donors (Lipinski definition) is 2. The van der Waals surface area contributed by atoms with Crippen molar-refractivity contribution in [3.8, 4) is 0 Å². The number of aliphatic hydroxyl groups excluding tert-OH is 2. The molecule has 1 saturated heterocycles. The zero-order valence-corrected chi connectivity index (χ0v) is 20.5. The molecular weight excluding hydrogens is 388 g/mol. The fourth-order valence-corrected chi connectivity index (χ4v) is 11.4. The standard InChI is InChI=1S/C27H44O4/c1-15-11-20(30-6)31-17-13-25(5)22-16(28)12-18-23(2,3)19(29)7-8-26(18)14-27(22,26)10-9-24(25,4)21(15)17/h15-22,28-29H,7-14H2,1-6H3/t15-,16+,17+,18+,19+,20+,21+,22+,24-,25+,26-,27+/m1/s1. The van der Waals surface area contributed by atoms with Crippen molar-refractivity contribution in [3.63, 3.8) is 0 Å².